The van der Waals surface area contributed by atoms with Crippen LogP contribution in [-0.2, 0) is 13.0 Å². The summed E-state index contributed by atoms with van der Waals surface area (Å²) in [5.74, 6) is 0.621. The lowest BCUT2D eigenvalue weighted by Crippen LogP contribution is -2.37. The molecule has 0 aliphatic carbocycles. The smallest absolute Gasteiger partial charge is 0.191 e. The van der Waals surface area contributed by atoms with Gasteiger partial charge in [0.1, 0.15) is 23.3 Å². The van der Waals surface area contributed by atoms with E-state index in [4.69, 9.17) is 5.73 Å². The van der Waals surface area contributed by atoms with E-state index in [1.54, 1.807) is 19.2 Å². The molecule has 0 radical (unpaired) electrons. The number of hydrogen-bond acceptors (Lipinski definition) is 4. The fourth-order valence-corrected chi connectivity index (χ4v) is 3.13. The maximum atomic E-state index is 13.2. The lowest BCUT2D eigenvalue weighted by molar-refractivity contribution is 0.627. The summed E-state index contributed by atoms with van der Waals surface area (Å²) < 4.78 is 14.7. The largest absolute Gasteiger partial charge is 0.382 e. The molecule has 0 amide bonds. The number of nitrogens with zero attached hydrogens (tertiary/aromatic N) is 4. The Morgan fingerprint density at radius 2 is 1.84 bits per heavy atom. The molecule has 9 heteroatoms. The van der Waals surface area contributed by atoms with Crippen molar-refractivity contribution in [1.82, 2.24) is 20.4 Å². The molecule has 0 unspecified atom stereocenters. The van der Waals surface area contributed by atoms with E-state index >= 15 is 0 Å². The monoisotopic (exact) mass is 547 g/mol. The zero-order valence-electron chi connectivity index (χ0n) is 18.1. The summed E-state index contributed by atoms with van der Waals surface area (Å²) in [4.78, 5) is 4.24. The van der Waals surface area contributed by atoms with Crippen molar-refractivity contribution in [3.05, 3.63) is 76.7 Å². The lowest BCUT2D eigenvalue weighted by Gasteiger charge is -2.12. The maximum absolute atomic E-state index is 13.2. The van der Waals surface area contributed by atoms with Gasteiger partial charge >= 0.3 is 0 Å². The molecule has 7 nitrogen and oxygen atoms in total. The highest BCUT2D eigenvalue weighted by atomic mass is 127. The summed E-state index contributed by atoms with van der Waals surface area (Å²) in [6.45, 7) is 3.39. The van der Waals surface area contributed by atoms with Crippen molar-refractivity contribution in [2.75, 3.05) is 19.3 Å². The average molecular weight is 547 g/mol. The summed E-state index contributed by atoms with van der Waals surface area (Å²) in [5.41, 5.74) is 10.1. The van der Waals surface area contributed by atoms with E-state index in [0.717, 1.165) is 6.42 Å². The van der Waals surface area contributed by atoms with Gasteiger partial charge in [-0.2, -0.15) is 10.4 Å². The lowest BCUT2D eigenvalue weighted by atomic mass is 10.1. The first kappa shape index (κ1) is 25.1. The zero-order valence-corrected chi connectivity index (χ0v) is 20.4. The van der Waals surface area contributed by atoms with Crippen molar-refractivity contribution >= 4 is 35.8 Å². The van der Waals surface area contributed by atoms with Gasteiger partial charge in [0.25, 0.3) is 0 Å². The second-order valence-electron chi connectivity index (χ2n) is 7.15. The molecule has 168 valence electrons. The molecule has 1 aromatic heterocycles. The minimum Gasteiger partial charge on any atom is -0.382 e. The van der Waals surface area contributed by atoms with Crippen molar-refractivity contribution in [1.29, 1.82) is 5.26 Å². The van der Waals surface area contributed by atoms with Gasteiger partial charge in [0.2, 0.25) is 0 Å². The first-order valence-corrected chi connectivity index (χ1v) is 10.0. The highest BCUT2D eigenvalue weighted by Gasteiger charge is 2.16. The summed E-state index contributed by atoms with van der Waals surface area (Å²) in [5, 5.41) is 20.5. The van der Waals surface area contributed by atoms with Crippen LogP contribution in [0.15, 0.2) is 53.5 Å². The molecule has 0 saturated carbocycles. The standard InChI is InChI=1S/C23H26FN7.HI/c1-16-5-7-17(8-6-16)15-29-23(27-2)28-13-3-4-21-20(14-25)22(26)31(30-21)19-11-9-18(24)10-12-19;/h5-12H,3-4,13,15,26H2,1-2H3,(H2,27,28,29);1H. The van der Waals surface area contributed by atoms with Gasteiger partial charge in [-0.15, -0.1) is 24.0 Å². The predicted octanol–water partition coefficient (Wildman–Crippen LogP) is 3.69. The molecule has 0 fully saturated rings. The van der Waals surface area contributed by atoms with E-state index in [2.05, 4.69) is 58.0 Å². The number of anilines is 1. The van der Waals surface area contributed by atoms with Gasteiger partial charge < -0.3 is 16.4 Å². The van der Waals surface area contributed by atoms with E-state index in [-0.39, 0.29) is 35.6 Å². The van der Waals surface area contributed by atoms with Crippen LogP contribution in [0.4, 0.5) is 10.2 Å². The summed E-state index contributed by atoms with van der Waals surface area (Å²) >= 11 is 0. The van der Waals surface area contributed by atoms with E-state index < -0.39 is 0 Å². The molecular weight excluding hydrogens is 520 g/mol. The summed E-state index contributed by atoms with van der Waals surface area (Å²) in [7, 11) is 1.73. The molecule has 3 aromatic rings. The third-order valence-corrected chi connectivity index (χ3v) is 4.86. The van der Waals surface area contributed by atoms with Crippen LogP contribution in [0.25, 0.3) is 5.69 Å². The van der Waals surface area contributed by atoms with Gasteiger partial charge in [-0.25, -0.2) is 9.07 Å². The minimum atomic E-state index is -0.342. The van der Waals surface area contributed by atoms with Crippen LogP contribution >= 0.6 is 24.0 Å². The Hall–Kier alpha value is -3.13. The molecule has 3 rings (SSSR count). The molecule has 1 heterocycles. The summed E-state index contributed by atoms with van der Waals surface area (Å²) in [6, 6.07) is 16.3. The molecular formula is C23H27FIN7. The molecule has 4 N–H and O–H groups in total. The number of hydrogen-bond donors (Lipinski definition) is 3. The molecule has 0 bridgehead atoms. The van der Waals surface area contributed by atoms with E-state index in [1.165, 1.54) is 27.9 Å². The van der Waals surface area contributed by atoms with Gasteiger partial charge in [-0.3, -0.25) is 4.99 Å². The molecule has 2 aromatic carbocycles. The predicted molar refractivity (Wildman–Crippen MR) is 136 cm³/mol. The van der Waals surface area contributed by atoms with E-state index in [9.17, 15) is 9.65 Å². The Labute approximate surface area is 204 Å². The fraction of sp³-hybridized carbons (Fsp3) is 0.261. The van der Waals surface area contributed by atoms with Gasteiger partial charge in [-0.1, -0.05) is 29.8 Å². The number of nitrogen functional groups attached to an aromatic ring is 1. The first-order valence-electron chi connectivity index (χ1n) is 10.0. The molecule has 0 aliphatic rings. The average Bonchev–Trinajstić information content (AvgIpc) is 3.10. The number of nitriles is 1. The number of guanidine groups is 1. The number of nitrogens with one attached hydrogen (secondary N) is 2. The number of benzene rings is 2. The van der Waals surface area contributed by atoms with Crippen LogP contribution in [0.1, 0.15) is 28.8 Å². The van der Waals surface area contributed by atoms with Crippen molar-refractivity contribution in [2.45, 2.75) is 26.3 Å². The summed E-state index contributed by atoms with van der Waals surface area (Å²) in [6.07, 6.45) is 1.31. The zero-order chi connectivity index (χ0) is 22.2. The van der Waals surface area contributed by atoms with E-state index in [1.807, 2.05) is 0 Å². The number of nitrogens with two attached hydrogens (primary N) is 1. The van der Waals surface area contributed by atoms with Crippen LogP contribution in [-0.4, -0.2) is 29.3 Å². The number of aromatic nitrogens is 2. The molecule has 0 saturated heterocycles. The van der Waals surface area contributed by atoms with Crippen LogP contribution in [0.5, 0.6) is 0 Å². The van der Waals surface area contributed by atoms with Crippen LogP contribution < -0.4 is 16.4 Å². The Bertz CT molecular complexity index is 1080. The number of aliphatic imine (C=N–C) groups is 1. The Morgan fingerprint density at radius 3 is 2.47 bits per heavy atom. The van der Waals surface area contributed by atoms with E-state index in [0.29, 0.717) is 42.4 Å². The van der Waals surface area contributed by atoms with Gasteiger partial charge in [0.05, 0.1) is 11.4 Å². The van der Waals surface area contributed by atoms with Gasteiger partial charge in [0, 0.05) is 20.1 Å². The SMILES string of the molecule is CN=C(NCCCc1nn(-c2ccc(F)cc2)c(N)c1C#N)NCc1ccc(C)cc1.I. The molecule has 0 atom stereocenters. The van der Waals surface area contributed by atoms with Crippen LogP contribution in [0.2, 0.25) is 0 Å². The third kappa shape index (κ3) is 6.43. The van der Waals surface area contributed by atoms with Crippen LogP contribution in [0, 0.1) is 24.1 Å². The van der Waals surface area contributed by atoms with Crippen molar-refractivity contribution < 1.29 is 4.39 Å². The fourth-order valence-electron chi connectivity index (χ4n) is 3.13. The molecule has 32 heavy (non-hydrogen) atoms. The maximum Gasteiger partial charge on any atom is 0.191 e. The highest BCUT2D eigenvalue weighted by molar-refractivity contribution is 14.0. The van der Waals surface area contributed by atoms with Crippen molar-refractivity contribution in [3.63, 3.8) is 0 Å². The second-order valence-corrected chi connectivity index (χ2v) is 7.15. The quantitative estimate of drug-likeness (QED) is 0.181. The van der Waals surface area contributed by atoms with Crippen molar-refractivity contribution in [2.24, 2.45) is 4.99 Å². The number of halogens is 2. The highest BCUT2D eigenvalue weighted by Crippen LogP contribution is 2.21. The Kier molecular flexibility index (Phi) is 9.46. The van der Waals surface area contributed by atoms with Gasteiger partial charge in [-0.05, 0) is 49.6 Å². The topological polar surface area (TPSA) is 104 Å². The first-order chi connectivity index (χ1) is 15.0. The number of aryl methyl sites for hydroxylation is 2. The minimum absolute atomic E-state index is 0. The molecule has 0 spiro atoms. The van der Waals surface area contributed by atoms with Gasteiger partial charge in [0.15, 0.2) is 5.96 Å². The Balaban J connectivity index is 0.00000363. The number of rotatable bonds is 7. The second kappa shape index (κ2) is 12.0. The molecule has 0 aliphatic heterocycles. The third-order valence-electron chi connectivity index (χ3n) is 4.86. The Morgan fingerprint density at radius 1 is 1.16 bits per heavy atom. The normalized spacial score (nSPS) is 10.9. The van der Waals surface area contributed by atoms with Crippen LogP contribution in [0.3, 0.4) is 0 Å². The van der Waals surface area contributed by atoms with Crippen molar-refractivity contribution in [3.8, 4) is 11.8 Å².